The number of nitrogens with one attached hydrogen (secondary N) is 4. The lowest BCUT2D eigenvalue weighted by Gasteiger charge is -2.18. The van der Waals surface area contributed by atoms with Crippen LogP contribution >= 0.6 is 0 Å². The molecule has 10 heteroatoms. The first-order chi connectivity index (χ1) is 15.7. The number of hydrogen-bond donors (Lipinski definition) is 4. The lowest BCUT2D eigenvalue weighted by Crippen LogP contribution is -2.47. The van der Waals surface area contributed by atoms with Crippen molar-refractivity contribution < 1.29 is 22.4 Å². The van der Waals surface area contributed by atoms with Gasteiger partial charge in [-0.1, -0.05) is 43.7 Å². The van der Waals surface area contributed by atoms with Crippen LogP contribution in [-0.2, 0) is 27.1 Å². The third kappa shape index (κ3) is 9.42. The molecule has 2 aromatic rings. The summed E-state index contributed by atoms with van der Waals surface area (Å²) in [6.45, 7) is 5.71. The number of rotatable bonds is 12. The predicted molar refractivity (Wildman–Crippen MR) is 126 cm³/mol. The lowest BCUT2D eigenvalue weighted by molar-refractivity contribution is -0.118. The third-order valence-corrected chi connectivity index (χ3v) is 5.91. The fourth-order valence-electron chi connectivity index (χ4n) is 2.92. The second kappa shape index (κ2) is 12.7. The molecule has 1 atom stereocenters. The summed E-state index contributed by atoms with van der Waals surface area (Å²) < 4.78 is 39.3. The molecule has 33 heavy (non-hydrogen) atoms. The van der Waals surface area contributed by atoms with E-state index in [0.29, 0.717) is 24.1 Å². The quantitative estimate of drug-likeness (QED) is 0.352. The zero-order chi connectivity index (χ0) is 24.3. The number of carbonyl (C=O) groups is 2. The van der Waals surface area contributed by atoms with Gasteiger partial charge in [0.05, 0.1) is 5.75 Å². The van der Waals surface area contributed by atoms with Crippen LogP contribution in [0.3, 0.4) is 0 Å². The van der Waals surface area contributed by atoms with Gasteiger partial charge in [-0.05, 0) is 41.8 Å². The van der Waals surface area contributed by atoms with E-state index >= 15 is 0 Å². The number of carbonyl (C=O) groups excluding carboxylic acids is 2. The van der Waals surface area contributed by atoms with Gasteiger partial charge in [0, 0.05) is 18.8 Å². The van der Waals surface area contributed by atoms with E-state index in [1.165, 1.54) is 18.2 Å². The topological polar surface area (TPSA) is 116 Å². The van der Waals surface area contributed by atoms with Crippen molar-refractivity contribution in [3.05, 3.63) is 78.1 Å². The van der Waals surface area contributed by atoms with Crippen molar-refractivity contribution in [1.29, 1.82) is 0 Å². The maximum atomic E-state index is 13.0. The summed E-state index contributed by atoms with van der Waals surface area (Å²) in [5.74, 6) is -0.938. The van der Waals surface area contributed by atoms with E-state index in [-0.39, 0.29) is 30.6 Å². The zero-order valence-corrected chi connectivity index (χ0v) is 19.3. The summed E-state index contributed by atoms with van der Waals surface area (Å²) in [4.78, 5) is 24.9. The summed E-state index contributed by atoms with van der Waals surface area (Å²) in [5, 5.41) is 8.03. The largest absolute Gasteiger partial charge is 0.334 e. The first-order valence-corrected chi connectivity index (χ1v) is 12.1. The molecule has 8 nitrogen and oxygen atoms in total. The van der Waals surface area contributed by atoms with E-state index < -0.39 is 22.1 Å². The molecule has 0 saturated heterocycles. The van der Waals surface area contributed by atoms with Crippen LogP contribution in [0.15, 0.2) is 61.2 Å². The van der Waals surface area contributed by atoms with Crippen LogP contribution < -0.4 is 20.7 Å². The van der Waals surface area contributed by atoms with Crippen LogP contribution in [0, 0.1) is 5.82 Å². The Morgan fingerprint density at radius 1 is 1.06 bits per heavy atom. The van der Waals surface area contributed by atoms with E-state index in [0.717, 1.165) is 5.56 Å². The highest BCUT2D eigenvalue weighted by atomic mass is 32.2. The minimum atomic E-state index is -3.48. The minimum absolute atomic E-state index is 0.153. The number of sulfonamides is 1. The monoisotopic (exact) mass is 476 g/mol. The Balaban J connectivity index is 1.91. The van der Waals surface area contributed by atoms with E-state index in [1.807, 2.05) is 6.92 Å². The highest BCUT2D eigenvalue weighted by Gasteiger charge is 2.20. The van der Waals surface area contributed by atoms with E-state index in [4.69, 9.17) is 0 Å². The number of anilines is 1. The Morgan fingerprint density at radius 3 is 2.30 bits per heavy atom. The molecule has 0 aliphatic heterocycles. The highest BCUT2D eigenvalue weighted by molar-refractivity contribution is 7.88. The molecule has 0 heterocycles. The van der Waals surface area contributed by atoms with Gasteiger partial charge in [-0.15, -0.1) is 6.58 Å². The van der Waals surface area contributed by atoms with Gasteiger partial charge in [-0.25, -0.2) is 22.3 Å². The molecule has 2 aromatic carbocycles. The van der Waals surface area contributed by atoms with Gasteiger partial charge in [0.1, 0.15) is 11.9 Å². The normalized spacial score (nSPS) is 11.9. The zero-order valence-electron chi connectivity index (χ0n) is 18.4. The molecule has 0 saturated carbocycles. The van der Waals surface area contributed by atoms with Crippen molar-refractivity contribution in [1.82, 2.24) is 15.4 Å². The van der Waals surface area contributed by atoms with Gasteiger partial charge in [0.2, 0.25) is 15.9 Å². The molecule has 4 N–H and O–H groups in total. The first kappa shape index (κ1) is 26.0. The molecule has 0 aliphatic rings. The van der Waals surface area contributed by atoms with Gasteiger partial charge < -0.3 is 16.0 Å². The van der Waals surface area contributed by atoms with Gasteiger partial charge >= 0.3 is 6.03 Å². The minimum Gasteiger partial charge on any atom is -0.334 e. The van der Waals surface area contributed by atoms with Gasteiger partial charge in [-0.3, -0.25) is 4.79 Å². The number of halogens is 1. The Morgan fingerprint density at radius 2 is 1.70 bits per heavy atom. The lowest BCUT2D eigenvalue weighted by atomic mass is 10.1. The molecule has 0 radical (unpaired) electrons. The molecule has 0 bridgehead atoms. The molecule has 0 aliphatic carbocycles. The van der Waals surface area contributed by atoms with Crippen LogP contribution in [-0.4, -0.2) is 32.9 Å². The molecule has 178 valence electrons. The SMILES string of the molecule is C=CCNS(=O)(=O)Cc1ccc(NC(=O)C(CCC)NC(=O)NCc2ccc(F)cc2)cc1. The average Bonchev–Trinajstić information content (AvgIpc) is 2.78. The molecule has 0 fully saturated rings. The van der Waals surface area contributed by atoms with Crippen LogP contribution in [0.5, 0.6) is 0 Å². The summed E-state index contributed by atoms with van der Waals surface area (Å²) in [5.41, 5.74) is 1.77. The van der Waals surface area contributed by atoms with Gasteiger partial charge in [0.15, 0.2) is 0 Å². The fourth-order valence-corrected chi connectivity index (χ4v) is 4.03. The molecule has 1 unspecified atom stereocenters. The molecule has 2 rings (SSSR count). The summed E-state index contributed by atoms with van der Waals surface area (Å²) >= 11 is 0. The van der Waals surface area contributed by atoms with Crippen molar-refractivity contribution >= 4 is 27.6 Å². The summed E-state index contributed by atoms with van der Waals surface area (Å²) in [6, 6.07) is 10.9. The maximum Gasteiger partial charge on any atom is 0.315 e. The smallest absolute Gasteiger partial charge is 0.315 e. The standard InChI is InChI=1S/C23H29FN4O4S/c1-3-5-21(28-23(30)25-15-17-6-10-19(24)11-7-17)22(29)27-20-12-8-18(9-13-20)16-33(31,32)26-14-4-2/h4,6-13,21,26H,2-3,5,14-16H2,1H3,(H,27,29)(H2,25,28,30). The second-order valence-corrected chi connectivity index (χ2v) is 9.18. The molecule has 0 aromatic heterocycles. The molecule has 0 spiro atoms. The number of benzene rings is 2. The molecular weight excluding hydrogens is 447 g/mol. The number of amides is 3. The van der Waals surface area contributed by atoms with E-state index in [1.54, 1.807) is 36.4 Å². The number of urea groups is 1. The predicted octanol–water partition coefficient (Wildman–Crippen LogP) is 3.04. The van der Waals surface area contributed by atoms with Crippen LogP contribution in [0.4, 0.5) is 14.9 Å². The summed E-state index contributed by atoms with van der Waals surface area (Å²) in [6.07, 6.45) is 2.56. The first-order valence-electron chi connectivity index (χ1n) is 10.5. The van der Waals surface area contributed by atoms with Crippen molar-refractivity contribution in [2.75, 3.05) is 11.9 Å². The summed E-state index contributed by atoms with van der Waals surface area (Å²) in [7, 11) is -3.48. The van der Waals surface area contributed by atoms with Crippen molar-refractivity contribution in [3.63, 3.8) is 0 Å². The van der Waals surface area contributed by atoms with Crippen LogP contribution in [0.2, 0.25) is 0 Å². The molecule has 3 amide bonds. The van der Waals surface area contributed by atoms with Crippen LogP contribution in [0.1, 0.15) is 30.9 Å². The van der Waals surface area contributed by atoms with Crippen molar-refractivity contribution in [2.45, 2.75) is 38.1 Å². The maximum absolute atomic E-state index is 13.0. The average molecular weight is 477 g/mol. The Hall–Kier alpha value is -3.24. The van der Waals surface area contributed by atoms with Crippen molar-refractivity contribution in [2.24, 2.45) is 0 Å². The van der Waals surface area contributed by atoms with Crippen molar-refractivity contribution in [3.8, 4) is 0 Å². The highest BCUT2D eigenvalue weighted by Crippen LogP contribution is 2.13. The van der Waals surface area contributed by atoms with E-state index in [2.05, 4.69) is 27.3 Å². The van der Waals surface area contributed by atoms with Gasteiger partial charge in [-0.2, -0.15) is 0 Å². The second-order valence-electron chi connectivity index (χ2n) is 7.38. The van der Waals surface area contributed by atoms with Gasteiger partial charge in [0.25, 0.3) is 0 Å². The molecular formula is C23H29FN4O4S. The third-order valence-electron chi connectivity index (χ3n) is 4.59. The van der Waals surface area contributed by atoms with Crippen LogP contribution in [0.25, 0.3) is 0 Å². The Bertz CT molecular complexity index is 1040. The van der Waals surface area contributed by atoms with E-state index in [9.17, 15) is 22.4 Å². The number of hydrogen-bond acceptors (Lipinski definition) is 4. The fraction of sp³-hybridized carbons (Fsp3) is 0.304. The Labute approximate surface area is 193 Å². The Kier molecular flexibility index (Phi) is 10.0.